The molecule has 1 aliphatic rings. The van der Waals surface area contributed by atoms with Crippen LogP contribution in [0.2, 0.25) is 0 Å². The Labute approximate surface area is 88.7 Å². The summed E-state index contributed by atoms with van der Waals surface area (Å²) in [5.74, 6) is 0.373. The van der Waals surface area contributed by atoms with E-state index in [1.807, 2.05) is 0 Å². The maximum Gasteiger partial charge on any atom is 0.163 e. The number of phenols is 1. The summed E-state index contributed by atoms with van der Waals surface area (Å²) in [6.07, 6.45) is 2.20. The molecule has 0 saturated heterocycles. The number of benzene rings is 1. The highest BCUT2D eigenvalue weighted by Gasteiger charge is 2.21. The number of ether oxygens (including phenoxy) is 1. The van der Waals surface area contributed by atoms with Crippen molar-refractivity contribution in [3.8, 4) is 5.75 Å². The molecule has 1 aromatic carbocycles. The van der Waals surface area contributed by atoms with E-state index in [4.69, 9.17) is 4.74 Å². The molecular formula is C12H14O3. The number of methoxy groups -OCH3 is 1. The second kappa shape index (κ2) is 4.03. The van der Waals surface area contributed by atoms with Crippen LogP contribution in [0.5, 0.6) is 5.75 Å². The van der Waals surface area contributed by atoms with Crippen molar-refractivity contribution in [1.29, 1.82) is 0 Å². The second-order valence-corrected chi connectivity index (χ2v) is 3.81. The maximum atomic E-state index is 11.6. The number of ketones is 1. The Balaban J connectivity index is 2.47. The highest BCUT2D eigenvalue weighted by Crippen LogP contribution is 2.32. The van der Waals surface area contributed by atoms with Crippen LogP contribution in [0, 0.1) is 0 Å². The molecule has 3 nitrogen and oxygen atoms in total. The van der Waals surface area contributed by atoms with Crippen molar-refractivity contribution in [1.82, 2.24) is 0 Å². The molecule has 1 aliphatic carbocycles. The minimum Gasteiger partial charge on any atom is -0.507 e. The lowest BCUT2D eigenvalue weighted by Crippen LogP contribution is -2.11. The van der Waals surface area contributed by atoms with Crippen LogP contribution in [0.1, 0.15) is 34.3 Å². The van der Waals surface area contributed by atoms with E-state index in [9.17, 15) is 9.90 Å². The van der Waals surface area contributed by atoms with Crippen molar-refractivity contribution >= 4 is 5.78 Å². The van der Waals surface area contributed by atoms with E-state index < -0.39 is 0 Å². The summed E-state index contributed by atoms with van der Waals surface area (Å²) >= 11 is 0. The molecule has 0 spiro atoms. The van der Waals surface area contributed by atoms with Gasteiger partial charge in [-0.3, -0.25) is 4.79 Å². The van der Waals surface area contributed by atoms with Gasteiger partial charge in [-0.2, -0.15) is 0 Å². The van der Waals surface area contributed by atoms with Gasteiger partial charge in [-0.15, -0.1) is 0 Å². The van der Waals surface area contributed by atoms with E-state index in [0.29, 0.717) is 18.6 Å². The first-order chi connectivity index (χ1) is 7.24. The summed E-state index contributed by atoms with van der Waals surface area (Å²) in [7, 11) is 1.59. The molecule has 0 radical (unpaired) electrons. The molecule has 3 heteroatoms. The lowest BCUT2D eigenvalue weighted by atomic mass is 9.88. The third-order valence-corrected chi connectivity index (χ3v) is 2.80. The third-order valence-electron chi connectivity index (χ3n) is 2.80. The van der Waals surface area contributed by atoms with Gasteiger partial charge >= 0.3 is 0 Å². The summed E-state index contributed by atoms with van der Waals surface area (Å²) in [6, 6.07) is 3.56. The fourth-order valence-corrected chi connectivity index (χ4v) is 2.03. The first-order valence-electron chi connectivity index (χ1n) is 5.10. The molecule has 1 aromatic rings. The molecule has 80 valence electrons. The van der Waals surface area contributed by atoms with Crippen LogP contribution < -0.4 is 0 Å². The van der Waals surface area contributed by atoms with Crippen LogP contribution in [-0.2, 0) is 17.8 Å². The summed E-state index contributed by atoms with van der Waals surface area (Å²) in [4.78, 5) is 11.6. The predicted molar refractivity (Wildman–Crippen MR) is 56.1 cm³/mol. The maximum absolute atomic E-state index is 11.6. The number of carbonyl (C=O) groups excluding carboxylic acids is 1. The SMILES string of the molecule is COCc1ccc2c(c1O)CCCC2=O. The van der Waals surface area contributed by atoms with E-state index in [1.165, 1.54) is 0 Å². The molecule has 0 heterocycles. The molecule has 1 N–H and O–H groups in total. The van der Waals surface area contributed by atoms with Gasteiger partial charge in [-0.05, 0) is 12.8 Å². The highest BCUT2D eigenvalue weighted by atomic mass is 16.5. The quantitative estimate of drug-likeness (QED) is 0.805. The van der Waals surface area contributed by atoms with Crippen molar-refractivity contribution in [2.45, 2.75) is 25.9 Å². The van der Waals surface area contributed by atoms with Gasteiger partial charge in [0.25, 0.3) is 0 Å². The fourth-order valence-electron chi connectivity index (χ4n) is 2.03. The topological polar surface area (TPSA) is 46.5 Å². The van der Waals surface area contributed by atoms with Gasteiger partial charge in [0.15, 0.2) is 5.78 Å². The molecule has 0 aromatic heterocycles. The normalized spacial score (nSPS) is 15.1. The molecule has 0 fully saturated rings. The number of fused-ring (bicyclic) bond motifs is 1. The van der Waals surface area contributed by atoms with Gasteiger partial charge in [-0.25, -0.2) is 0 Å². The summed E-state index contributed by atoms with van der Waals surface area (Å²) in [6.45, 7) is 0.382. The summed E-state index contributed by atoms with van der Waals surface area (Å²) < 4.78 is 4.98. The molecule has 0 bridgehead atoms. The standard InChI is InChI=1S/C12H14O3/c1-15-7-8-5-6-9-10(12(8)14)3-2-4-11(9)13/h5-6,14H,2-4,7H2,1H3. The van der Waals surface area contributed by atoms with Crippen LogP contribution in [0.3, 0.4) is 0 Å². The zero-order valence-corrected chi connectivity index (χ0v) is 8.75. The van der Waals surface area contributed by atoms with Gasteiger partial charge < -0.3 is 9.84 Å². The third kappa shape index (κ3) is 1.75. The Morgan fingerprint density at radius 2 is 2.20 bits per heavy atom. The van der Waals surface area contributed by atoms with E-state index in [-0.39, 0.29) is 11.5 Å². The molecule has 2 rings (SSSR count). The zero-order valence-electron chi connectivity index (χ0n) is 8.75. The number of carbonyl (C=O) groups is 1. The van der Waals surface area contributed by atoms with E-state index in [2.05, 4.69) is 0 Å². The fraction of sp³-hybridized carbons (Fsp3) is 0.417. The number of hydrogen-bond donors (Lipinski definition) is 1. The molecule has 0 atom stereocenters. The Morgan fingerprint density at radius 1 is 1.40 bits per heavy atom. The second-order valence-electron chi connectivity index (χ2n) is 3.81. The Hall–Kier alpha value is -1.35. The van der Waals surface area contributed by atoms with Crippen LogP contribution in [0.25, 0.3) is 0 Å². The monoisotopic (exact) mass is 206 g/mol. The van der Waals surface area contributed by atoms with Crippen LogP contribution in [-0.4, -0.2) is 18.0 Å². The Morgan fingerprint density at radius 3 is 2.93 bits per heavy atom. The van der Waals surface area contributed by atoms with E-state index >= 15 is 0 Å². The first-order valence-corrected chi connectivity index (χ1v) is 5.10. The first kappa shape index (κ1) is 10.2. The van der Waals surface area contributed by atoms with E-state index in [1.54, 1.807) is 19.2 Å². The number of phenolic OH excluding ortho intramolecular Hbond substituents is 1. The number of aromatic hydroxyl groups is 1. The van der Waals surface area contributed by atoms with Crippen LogP contribution >= 0.6 is 0 Å². The summed E-state index contributed by atoms with van der Waals surface area (Å²) in [5, 5.41) is 9.95. The summed E-state index contributed by atoms with van der Waals surface area (Å²) in [5.41, 5.74) is 2.23. The highest BCUT2D eigenvalue weighted by molar-refractivity contribution is 5.99. The van der Waals surface area contributed by atoms with Gasteiger partial charge in [0, 0.05) is 30.2 Å². The smallest absolute Gasteiger partial charge is 0.163 e. The molecule has 0 unspecified atom stereocenters. The predicted octanol–water partition coefficient (Wildman–Crippen LogP) is 2.06. The lowest BCUT2D eigenvalue weighted by Gasteiger charge is -2.17. The van der Waals surface area contributed by atoms with Crippen LogP contribution in [0.4, 0.5) is 0 Å². The van der Waals surface area contributed by atoms with Crippen molar-refractivity contribution in [2.24, 2.45) is 0 Å². The van der Waals surface area contributed by atoms with Gasteiger partial charge in [0.1, 0.15) is 5.75 Å². The molecule has 15 heavy (non-hydrogen) atoms. The molecule has 0 saturated carbocycles. The largest absolute Gasteiger partial charge is 0.507 e. The molecular weight excluding hydrogens is 192 g/mol. The van der Waals surface area contributed by atoms with Gasteiger partial charge in [0.05, 0.1) is 6.61 Å². The minimum absolute atomic E-state index is 0.135. The lowest BCUT2D eigenvalue weighted by molar-refractivity contribution is 0.0971. The van der Waals surface area contributed by atoms with Crippen molar-refractivity contribution in [2.75, 3.05) is 7.11 Å². The zero-order chi connectivity index (χ0) is 10.8. The number of rotatable bonds is 2. The average Bonchev–Trinajstić information content (AvgIpc) is 2.23. The van der Waals surface area contributed by atoms with Crippen molar-refractivity contribution in [3.05, 3.63) is 28.8 Å². The molecule has 0 aliphatic heterocycles. The van der Waals surface area contributed by atoms with E-state index in [0.717, 1.165) is 24.0 Å². The molecule has 0 amide bonds. The van der Waals surface area contributed by atoms with Gasteiger partial charge in [-0.1, -0.05) is 12.1 Å². The number of Topliss-reactive ketones (excluding diaryl/α,β-unsaturated/α-hetero) is 1. The number of hydrogen-bond acceptors (Lipinski definition) is 3. The Kier molecular flexibility index (Phi) is 2.73. The Bertz CT molecular complexity index is 396. The average molecular weight is 206 g/mol. The van der Waals surface area contributed by atoms with Crippen LogP contribution in [0.15, 0.2) is 12.1 Å². The van der Waals surface area contributed by atoms with Crippen molar-refractivity contribution < 1.29 is 14.6 Å². The minimum atomic E-state index is 0.135. The van der Waals surface area contributed by atoms with Gasteiger partial charge in [0.2, 0.25) is 0 Å². The van der Waals surface area contributed by atoms with Crippen molar-refractivity contribution in [3.63, 3.8) is 0 Å².